The van der Waals surface area contributed by atoms with Crippen molar-refractivity contribution in [1.29, 1.82) is 0 Å². The van der Waals surface area contributed by atoms with Gasteiger partial charge in [-0.25, -0.2) is 0 Å². The van der Waals surface area contributed by atoms with Crippen LogP contribution in [0.4, 0.5) is 0 Å². The fourth-order valence-electron chi connectivity index (χ4n) is 3.41. The molecule has 3 fully saturated rings. The minimum absolute atomic E-state index is 0.102. The number of fused-ring (bicyclic) bond motifs is 3. The molecule has 0 amide bonds. The Kier molecular flexibility index (Phi) is 2.32. The lowest BCUT2D eigenvalue weighted by molar-refractivity contribution is -0.138. The van der Waals surface area contributed by atoms with Crippen LogP contribution in [0.2, 0.25) is 0 Å². The number of Topliss-reactive ketones (excluding diaryl/α,β-unsaturated/α-hetero) is 1. The molecule has 3 saturated carbocycles. The van der Waals surface area contributed by atoms with Crippen molar-refractivity contribution < 1.29 is 9.90 Å². The molecular weight excluding hydrogens is 200 g/mol. The van der Waals surface area contributed by atoms with Crippen LogP contribution in [0.25, 0.3) is 0 Å². The number of aliphatic hydroxyl groups is 1. The Balaban J connectivity index is 1.95. The van der Waals surface area contributed by atoms with Gasteiger partial charge in [0.05, 0.1) is 6.10 Å². The molecule has 2 heteroatoms. The number of carbonyl (C=O) groups is 1. The van der Waals surface area contributed by atoms with E-state index in [2.05, 4.69) is 12.1 Å². The highest BCUT2D eigenvalue weighted by Crippen LogP contribution is 2.47. The SMILES string of the molecule is O=C1C[C@H]2CC[C@H]1[C@H](O)[C@H]2c1ccccc1. The number of hydrogen-bond donors (Lipinski definition) is 1. The molecule has 0 heterocycles. The minimum Gasteiger partial charge on any atom is -0.392 e. The molecule has 16 heavy (non-hydrogen) atoms. The van der Waals surface area contributed by atoms with E-state index in [-0.39, 0.29) is 17.6 Å². The lowest BCUT2D eigenvalue weighted by Crippen LogP contribution is -2.47. The van der Waals surface area contributed by atoms with Crippen molar-refractivity contribution >= 4 is 5.78 Å². The Labute approximate surface area is 95.3 Å². The van der Waals surface area contributed by atoms with Crippen molar-refractivity contribution in [3.05, 3.63) is 35.9 Å². The second-order valence-corrected chi connectivity index (χ2v) is 5.04. The maximum Gasteiger partial charge on any atom is 0.138 e. The van der Waals surface area contributed by atoms with E-state index in [0.717, 1.165) is 12.8 Å². The van der Waals surface area contributed by atoms with Gasteiger partial charge in [0.25, 0.3) is 0 Å². The van der Waals surface area contributed by atoms with Gasteiger partial charge in [0.15, 0.2) is 0 Å². The van der Waals surface area contributed by atoms with Gasteiger partial charge in [0.2, 0.25) is 0 Å². The van der Waals surface area contributed by atoms with E-state index in [4.69, 9.17) is 0 Å². The fraction of sp³-hybridized carbons (Fsp3) is 0.500. The smallest absolute Gasteiger partial charge is 0.138 e. The molecule has 0 spiro atoms. The summed E-state index contributed by atoms with van der Waals surface area (Å²) in [6.07, 6.45) is 2.19. The van der Waals surface area contributed by atoms with Gasteiger partial charge in [-0.2, -0.15) is 0 Å². The summed E-state index contributed by atoms with van der Waals surface area (Å²) < 4.78 is 0. The third kappa shape index (κ3) is 1.40. The topological polar surface area (TPSA) is 37.3 Å². The van der Waals surface area contributed by atoms with E-state index in [1.165, 1.54) is 5.56 Å². The monoisotopic (exact) mass is 216 g/mol. The first-order valence-electron chi connectivity index (χ1n) is 6.03. The van der Waals surface area contributed by atoms with Crippen LogP contribution >= 0.6 is 0 Å². The van der Waals surface area contributed by atoms with Crippen LogP contribution in [-0.2, 0) is 4.79 Å². The van der Waals surface area contributed by atoms with Gasteiger partial charge in [-0.05, 0) is 24.3 Å². The molecule has 1 aromatic rings. The minimum atomic E-state index is -0.456. The molecule has 0 saturated heterocycles. The molecule has 0 aromatic heterocycles. The molecule has 0 radical (unpaired) electrons. The second kappa shape index (κ2) is 3.70. The summed E-state index contributed by atoms with van der Waals surface area (Å²) in [6, 6.07) is 10.1. The molecule has 4 atom stereocenters. The molecule has 0 aliphatic heterocycles. The summed E-state index contributed by atoms with van der Waals surface area (Å²) in [5.41, 5.74) is 1.19. The van der Waals surface area contributed by atoms with Crippen LogP contribution in [0, 0.1) is 11.8 Å². The molecule has 0 unspecified atom stereocenters. The van der Waals surface area contributed by atoms with Crippen LogP contribution in [0.3, 0.4) is 0 Å². The van der Waals surface area contributed by atoms with Gasteiger partial charge in [-0.1, -0.05) is 30.3 Å². The van der Waals surface area contributed by atoms with Crippen LogP contribution in [0.5, 0.6) is 0 Å². The Morgan fingerprint density at radius 3 is 2.50 bits per heavy atom. The summed E-state index contributed by atoms with van der Waals surface area (Å²) in [7, 11) is 0. The lowest BCUT2D eigenvalue weighted by Gasteiger charge is -2.45. The van der Waals surface area contributed by atoms with Crippen LogP contribution < -0.4 is 0 Å². The molecule has 4 rings (SSSR count). The highest BCUT2D eigenvalue weighted by atomic mass is 16.3. The Hall–Kier alpha value is -1.15. The molecule has 1 N–H and O–H groups in total. The highest BCUT2D eigenvalue weighted by molar-refractivity contribution is 5.84. The third-order valence-corrected chi connectivity index (χ3v) is 4.20. The molecule has 2 nitrogen and oxygen atoms in total. The summed E-state index contributed by atoms with van der Waals surface area (Å²) in [5, 5.41) is 10.3. The predicted octanol–water partition coefficient (Wildman–Crippen LogP) is 2.13. The molecular formula is C14H16O2. The molecule has 3 aliphatic carbocycles. The summed E-state index contributed by atoms with van der Waals surface area (Å²) >= 11 is 0. The number of aliphatic hydroxyl groups excluding tert-OH is 1. The van der Waals surface area contributed by atoms with Gasteiger partial charge < -0.3 is 5.11 Å². The second-order valence-electron chi connectivity index (χ2n) is 5.04. The average molecular weight is 216 g/mol. The average Bonchev–Trinajstić information content (AvgIpc) is 2.30. The first kappa shape index (κ1) is 10.0. The van der Waals surface area contributed by atoms with Crippen LogP contribution in [0.15, 0.2) is 30.3 Å². The zero-order valence-corrected chi connectivity index (χ0v) is 9.17. The molecule has 3 aliphatic rings. The maximum atomic E-state index is 11.7. The van der Waals surface area contributed by atoms with Crippen molar-refractivity contribution in [2.24, 2.45) is 11.8 Å². The van der Waals surface area contributed by atoms with Gasteiger partial charge in [0.1, 0.15) is 5.78 Å². The Morgan fingerprint density at radius 2 is 1.88 bits per heavy atom. The van der Waals surface area contributed by atoms with E-state index in [1.807, 2.05) is 18.2 Å². The third-order valence-electron chi connectivity index (χ3n) is 4.20. The number of hydrogen-bond acceptors (Lipinski definition) is 2. The van der Waals surface area contributed by atoms with E-state index < -0.39 is 6.10 Å². The fourth-order valence-corrected chi connectivity index (χ4v) is 3.41. The summed E-state index contributed by atoms with van der Waals surface area (Å²) in [6.45, 7) is 0. The normalized spacial score (nSPS) is 37.7. The highest BCUT2D eigenvalue weighted by Gasteiger charge is 2.47. The molecule has 1 aromatic carbocycles. The van der Waals surface area contributed by atoms with Crippen molar-refractivity contribution in [1.82, 2.24) is 0 Å². The standard InChI is InChI=1S/C14H16O2/c15-12-8-10-6-7-11(12)14(16)13(10)9-4-2-1-3-5-9/h1-5,10-11,13-14,16H,6-8H2/t10-,11-,13+,14+/m1/s1. The number of ketones is 1. The van der Waals surface area contributed by atoms with E-state index >= 15 is 0 Å². The Bertz CT molecular complexity index is 396. The van der Waals surface area contributed by atoms with Crippen LogP contribution in [0.1, 0.15) is 30.7 Å². The molecule has 84 valence electrons. The summed E-state index contributed by atoms with van der Waals surface area (Å²) in [4.78, 5) is 11.7. The van der Waals surface area contributed by atoms with Gasteiger partial charge >= 0.3 is 0 Å². The van der Waals surface area contributed by atoms with Crippen molar-refractivity contribution in [2.45, 2.75) is 31.3 Å². The largest absolute Gasteiger partial charge is 0.392 e. The van der Waals surface area contributed by atoms with Crippen molar-refractivity contribution in [2.75, 3.05) is 0 Å². The lowest BCUT2D eigenvalue weighted by atomic mass is 9.60. The van der Waals surface area contributed by atoms with Crippen molar-refractivity contribution in [3.8, 4) is 0 Å². The van der Waals surface area contributed by atoms with Crippen LogP contribution in [-0.4, -0.2) is 17.0 Å². The zero-order valence-electron chi connectivity index (χ0n) is 9.17. The predicted molar refractivity (Wildman–Crippen MR) is 61.0 cm³/mol. The molecule has 2 bridgehead atoms. The van der Waals surface area contributed by atoms with Crippen molar-refractivity contribution in [3.63, 3.8) is 0 Å². The first-order chi connectivity index (χ1) is 7.77. The van der Waals surface area contributed by atoms with E-state index in [1.54, 1.807) is 0 Å². The van der Waals surface area contributed by atoms with Gasteiger partial charge in [-0.3, -0.25) is 4.79 Å². The zero-order chi connectivity index (χ0) is 11.1. The first-order valence-corrected chi connectivity index (χ1v) is 6.03. The number of benzene rings is 1. The number of carbonyl (C=O) groups excluding carboxylic acids is 1. The summed E-state index contributed by atoms with van der Waals surface area (Å²) in [5.74, 6) is 0.707. The maximum absolute atomic E-state index is 11.7. The van der Waals surface area contributed by atoms with Gasteiger partial charge in [-0.15, -0.1) is 0 Å². The van der Waals surface area contributed by atoms with Gasteiger partial charge in [0, 0.05) is 18.3 Å². The Morgan fingerprint density at radius 1 is 1.12 bits per heavy atom. The number of rotatable bonds is 1. The van der Waals surface area contributed by atoms with E-state index in [9.17, 15) is 9.90 Å². The van der Waals surface area contributed by atoms with E-state index in [0.29, 0.717) is 12.3 Å². The quantitative estimate of drug-likeness (QED) is 0.780.